The first kappa shape index (κ1) is 7.02. The van der Waals surface area contributed by atoms with Crippen molar-refractivity contribution in [3.8, 4) is 0 Å². The number of pyridine rings is 1. The van der Waals surface area contributed by atoms with Gasteiger partial charge in [-0.05, 0) is 28.7 Å². The molecule has 2 aromatic heterocycles. The minimum Gasteiger partial charge on any atom is -0.273 e. The zero-order chi connectivity index (χ0) is 7.84. The molecule has 0 bridgehead atoms. The Morgan fingerprint density at radius 3 is 3.18 bits per heavy atom. The first-order chi connectivity index (χ1) is 5.25. The number of aromatic nitrogens is 3. The van der Waals surface area contributed by atoms with E-state index >= 15 is 0 Å². The average molecular weight is 259 g/mol. The molecule has 3 nitrogen and oxygen atoms in total. The van der Waals surface area contributed by atoms with Crippen LogP contribution in [0.1, 0.15) is 0 Å². The second-order valence-electron chi connectivity index (χ2n) is 2.37. The van der Waals surface area contributed by atoms with Crippen molar-refractivity contribution in [2.24, 2.45) is 7.05 Å². The Hall–Kier alpha value is -0.650. The van der Waals surface area contributed by atoms with E-state index in [4.69, 9.17) is 0 Å². The van der Waals surface area contributed by atoms with Gasteiger partial charge in [0.25, 0.3) is 0 Å². The number of fused-ring (bicyclic) bond motifs is 1. The molecule has 0 saturated heterocycles. The van der Waals surface area contributed by atoms with Crippen molar-refractivity contribution in [1.82, 2.24) is 14.8 Å². The third-order valence-corrected chi connectivity index (χ3v) is 2.03. The van der Waals surface area contributed by atoms with Crippen LogP contribution in [0.4, 0.5) is 0 Å². The number of aryl methyl sites for hydroxylation is 1. The van der Waals surface area contributed by atoms with Crippen LogP contribution in [0, 0.1) is 3.57 Å². The molecule has 0 aliphatic heterocycles. The monoisotopic (exact) mass is 259 g/mol. The molecule has 11 heavy (non-hydrogen) atoms. The molecular weight excluding hydrogens is 253 g/mol. The molecule has 2 aromatic rings. The summed E-state index contributed by atoms with van der Waals surface area (Å²) in [7, 11) is 1.90. The lowest BCUT2D eigenvalue weighted by atomic mass is 10.4. The highest BCUT2D eigenvalue weighted by Gasteiger charge is 1.98. The summed E-state index contributed by atoms with van der Waals surface area (Å²) < 4.78 is 2.91. The van der Waals surface area contributed by atoms with Crippen LogP contribution in [0.3, 0.4) is 0 Å². The number of nitrogens with zero attached hydrogens (tertiary/aromatic N) is 3. The van der Waals surface area contributed by atoms with Crippen LogP contribution < -0.4 is 0 Å². The molecule has 0 aliphatic carbocycles. The SMILES string of the molecule is Cn1cc2cc(I)cnc2n1. The molecule has 0 aromatic carbocycles. The van der Waals surface area contributed by atoms with E-state index in [1.807, 2.05) is 19.4 Å². The summed E-state index contributed by atoms with van der Waals surface area (Å²) in [5.74, 6) is 0. The standard InChI is InChI=1S/C7H6IN3/c1-11-4-5-2-6(8)3-9-7(5)10-11/h2-4H,1H3. The van der Waals surface area contributed by atoms with E-state index in [9.17, 15) is 0 Å². The largest absolute Gasteiger partial charge is 0.273 e. The van der Waals surface area contributed by atoms with E-state index in [-0.39, 0.29) is 0 Å². The summed E-state index contributed by atoms with van der Waals surface area (Å²) in [5, 5.41) is 5.25. The van der Waals surface area contributed by atoms with Crippen LogP contribution in [0.2, 0.25) is 0 Å². The number of halogens is 1. The highest BCUT2D eigenvalue weighted by atomic mass is 127. The molecule has 4 heteroatoms. The molecule has 0 saturated carbocycles. The number of hydrogen-bond acceptors (Lipinski definition) is 2. The molecule has 2 rings (SSSR count). The first-order valence-electron chi connectivity index (χ1n) is 3.20. The molecule has 0 aliphatic rings. The normalized spacial score (nSPS) is 10.7. The Morgan fingerprint density at radius 1 is 1.55 bits per heavy atom. The second-order valence-corrected chi connectivity index (χ2v) is 3.61. The van der Waals surface area contributed by atoms with Crippen molar-refractivity contribution in [2.45, 2.75) is 0 Å². The van der Waals surface area contributed by atoms with Crippen LogP contribution in [0.25, 0.3) is 11.0 Å². The zero-order valence-corrected chi connectivity index (χ0v) is 8.11. The van der Waals surface area contributed by atoms with Crippen LogP contribution in [0.5, 0.6) is 0 Å². The third kappa shape index (κ3) is 1.22. The Balaban J connectivity index is 2.82. The molecule has 0 atom stereocenters. The van der Waals surface area contributed by atoms with E-state index in [1.54, 1.807) is 4.68 Å². The van der Waals surface area contributed by atoms with Crippen LogP contribution >= 0.6 is 22.6 Å². The maximum absolute atomic E-state index is 4.16. The summed E-state index contributed by atoms with van der Waals surface area (Å²) >= 11 is 2.24. The van der Waals surface area contributed by atoms with Crippen LogP contribution in [-0.2, 0) is 7.05 Å². The van der Waals surface area contributed by atoms with Gasteiger partial charge in [-0.25, -0.2) is 4.98 Å². The van der Waals surface area contributed by atoms with Crippen molar-refractivity contribution >= 4 is 33.6 Å². The minimum atomic E-state index is 0.813. The van der Waals surface area contributed by atoms with Gasteiger partial charge in [0, 0.05) is 28.4 Å². The predicted molar refractivity (Wildman–Crippen MR) is 51.2 cm³/mol. The fourth-order valence-electron chi connectivity index (χ4n) is 1.01. The fourth-order valence-corrected chi connectivity index (χ4v) is 1.48. The van der Waals surface area contributed by atoms with Gasteiger partial charge in [0.05, 0.1) is 0 Å². The van der Waals surface area contributed by atoms with E-state index in [0.717, 1.165) is 14.6 Å². The second kappa shape index (κ2) is 2.44. The minimum absolute atomic E-state index is 0.813. The van der Waals surface area contributed by atoms with Crippen molar-refractivity contribution < 1.29 is 0 Å². The van der Waals surface area contributed by atoms with Crippen molar-refractivity contribution in [1.29, 1.82) is 0 Å². The molecule has 0 unspecified atom stereocenters. The predicted octanol–water partition coefficient (Wildman–Crippen LogP) is 1.57. The van der Waals surface area contributed by atoms with Crippen molar-refractivity contribution in [2.75, 3.05) is 0 Å². The lowest BCUT2D eigenvalue weighted by Gasteiger charge is -1.86. The molecule has 0 radical (unpaired) electrons. The lowest BCUT2D eigenvalue weighted by molar-refractivity contribution is 0.776. The van der Waals surface area contributed by atoms with Crippen molar-refractivity contribution in [3.63, 3.8) is 0 Å². The molecule has 56 valence electrons. The van der Waals surface area contributed by atoms with Gasteiger partial charge in [-0.1, -0.05) is 0 Å². The summed E-state index contributed by atoms with van der Waals surface area (Å²) in [5.41, 5.74) is 0.813. The van der Waals surface area contributed by atoms with Crippen LogP contribution in [-0.4, -0.2) is 14.8 Å². The Kier molecular flexibility index (Phi) is 1.56. The van der Waals surface area contributed by atoms with Gasteiger partial charge in [-0.15, -0.1) is 0 Å². The highest BCUT2D eigenvalue weighted by molar-refractivity contribution is 14.1. The third-order valence-electron chi connectivity index (χ3n) is 1.44. The topological polar surface area (TPSA) is 30.7 Å². The summed E-state index contributed by atoms with van der Waals surface area (Å²) in [6, 6.07) is 2.07. The van der Waals surface area contributed by atoms with E-state index in [2.05, 4.69) is 38.7 Å². The maximum Gasteiger partial charge on any atom is 0.181 e. The summed E-state index contributed by atoms with van der Waals surface area (Å²) in [6.07, 6.45) is 3.78. The number of rotatable bonds is 0. The Morgan fingerprint density at radius 2 is 2.36 bits per heavy atom. The highest BCUT2D eigenvalue weighted by Crippen LogP contribution is 2.11. The molecule has 0 amide bonds. The van der Waals surface area contributed by atoms with E-state index in [1.165, 1.54) is 0 Å². The van der Waals surface area contributed by atoms with Gasteiger partial charge in [0.15, 0.2) is 5.65 Å². The van der Waals surface area contributed by atoms with Crippen molar-refractivity contribution in [3.05, 3.63) is 22.0 Å². The molecule has 0 N–H and O–H groups in total. The fraction of sp³-hybridized carbons (Fsp3) is 0.143. The van der Waals surface area contributed by atoms with Gasteiger partial charge in [-0.2, -0.15) is 5.10 Å². The quantitative estimate of drug-likeness (QED) is 0.672. The van der Waals surface area contributed by atoms with E-state index in [0.29, 0.717) is 0 Å². The van der Waals surface area contributed by atoms with Gasteiger partial charge < -0.3 is 0 Å². The summed E-state index contributed by atoms with van der Waals surface area (Å²) in [6.45, 7) is 0. The average Bonchev–Trinajstić information content (AvgIpc) is 2.27. The first-order valence-corrected chi connectivity index (χ1v) is 4.28. The maximum atomic E-state index is 4.16. The number of hydrogen-bond donors (Lipinski definition) is 0. The van der Waals surface area contributed by atoms with E-state index < -0.39 is 0 Å². The van der Waals surface area contributed by atoms with Gasteiger partial charge in [0.2, 0.25) is 0 Å². The zero-order valence-electron chi connectivity index (χ0n) is 5.95. The lowest BCUT2D eigenvalue weighted by Crippen LogP contribution is -1.85. The molecule has 0 fully saturated rings. The Bertz CT molecular complexity index is 393. The summed E-state index contributed by atoms with van der Waals surface area (Å²) in [4.78, 5) is 4.16. The molecule has 0 spiro atoms. The van der Waals surface area contributed by atoms with Gasteiger partial charge >= 0.3 is 0 Å². The Labute approximate surface area is 77.6 Å². The van der Waals surface area contributed by atoms with Gasteiger partial charge in [-0.3, -0.25) is 4.68 Å². The van der Waals surface area contributed by atoms with Crippen LogP contribution in [0.15, 0.2) is 18.5 Å². The smallest absolute Gasteiger partial charge is 0.181 e. The molecular formula is C7H6IN3. The molecule has 2 heterocycles. The van der Waals surface area contributed by atoms with Gasteiger partial charge in [0.1, 0.15) is 0 Å².